The van der Waals surface area contributed by atoms with Gasteiger partial charge in [-0.3, -0.25) is 4.98 Å². The van der Waals surface area contributed by atoms with Gasteiger partial charge in [0.15, 0.2) is 0 Å². The van der Waals surface area contributed by atoms with E-state index in [0.717, 1.165) is 29.5 Å². The first-order valence-corrected chi connectivity index (χ1v) is 9.23. The zero-order valence-corrected chi connectivity index (χ0v) is 15.5. The van der Waals surface area contributed by atoms with Crippen molar-refractivity contribution >= 4 is 23.2 Å². The van der Waals surface area contributed by atoms with Gasteiger partial charge in [0.1, 0.15) is 5.82 Å². The van der Waals surface area contributed by atoms with Crippen molar-refractivity contribution in [2.24, 2.45) is 0 Å². The normalized spacial score (nSPS) is 15.0. The molecule has 1 aliphatic carbocycles. The summed E-state index contributed by atoms with van der Waals surface area (Å²) < 4.78 is 14.3. The Labute approximate surface area is 162 Å². The fourth-order valence-corrected chi connectivity index (χ4v) is 3.68. The van der Waals surface area contributed by atoms with E-state index >= 15 is 0 Å². The van der Waals surface area contributed by atoms with Gasteiger partial charge >= 0.3 is 0 Å². The molecule has 1 fully saturated rings. The third-order valence-corrected chi connectivity index (χ3v) is 5.48. The lowest BCUT2D eigenvalue weighted by atomic mass is 9.94. The van der Waals surface area contributed by atoms with E-state index in [9.17, 15) is 4.39 Å². The van der Waals surface area contributed by atoms with E-state index in [2.05, 4.69) is 10.3 Å². The average molecular weight is 387 g/mol. The van der Waals surface area contributed by atoms with Crippen molar-refractivity contribution in [2.45, 2.75) is 24.9 Å². The molecule has 5 heteroatoms. The molecule has 2 nitrogen and oxygen atoms in total. The number of halogens is 3. The number of hydrogen-bond donors (Lipinski definition) is 1. The van der Waals surface area contributed by atoms with Crippen molar-refractivity contribution < 1.29 is 4.39 Å². The fourth-order valence-electron chi connectivity index (χ4n) is 3.30. The summed E-state index contributed by atoms with van der Waals surface area (Å²) in [6.07, 6.45) is 5.48. The third-order valence-electron chi connectivity index (χ3n) is 4.88. The van der Waals surface area contributed by atoms with Crippen LogP contribution >= 0.6 is 23.2 Å². The van der Waals surface area contributed by atoms with Crippen LogP contribution in [0.2, 0.25) is 10.0 Å². The van der Waals surface area contributed by atoms with Crippen molar-refractivity contribution in [1.82, 2.24) is 10.3 Å². The van der Waals surface area contributed by atoms with Crippen molar-refractivity contribution in [3.63, 3.8) is 0 Å². The second kappa shape index (κ2) is 6.99. The van der Waals surface area contributed by atoms with Crippen LogP contribution in [0, 0.1) is 5.82 Å². The molecule has 0 atom stereocenters. The second-order valence-electron chi connectivity index (χ2n) is 6.57. The van der Waals surface area contributed by atoms with Crippen LogP contribution < -0.4 is 5.32 Å². The molecule has 1 aromatic heterocycles. The largest absolute Gasteiger partial charge is 0.303 e. The van der Waals surface area contributed by atoms with Gasteiger partial charge in [-0.05, 0) is 59.9 Å². The summed E-state index contributed by atoms with van der Waals surface area (Å²) in [4.78, 5) is 4.28. The molecular weight excluding hydrogens is 370 g/mol. The molecule has 0 radical (unpaired) electrons. The van der Waals surface area contributed by atoms with Crippen LogP contribution in [0.1, 0.15) is 24.0 Å². The zero-order valence-electron chi connectivity index (χ0n) is 14.0. The Morgan fingerprint density at radius 3 is 2.62 bits per heavy atom. The van der Waals surface area contributed by atoms with Crippen molar-refractivity contribution in [1.29, 1.82) is 0 Å². The number of rotatable bonds is 5. The number of hydrogen-bond acceptors (Lipinski definition) is 2. The number of nitrogens with one attached hydrogen (secondary N) is 1. The molecule has 1 heterocycles. The molecule has 1 N–H and O–H groups in total. The minimum Gasteiger partial charge on any atom is -0.303 e. The summed E-state index contributed by atoms with van der Waals surface area (Å²) in [7, 11) is 0. The SMILES string of the molecule is Fc1ccccc1-c1ccncc1C1(NCc2cc(Cl)ccc2Cl)CC1. The summed E-state index contributed by atoms with van der Waals surface area (Å²) in [5, 5.41) is 4.93. The van der Waals surface area contributed by atoms with Gasteiger partial charge < -0.3 is 5.32 Å². The van der Waals surface area contributed by atoms with E-state index in [1.807, 2.05) is 24.4 Å². The average Bonchev–Trinajstić information content (AvgIpc) is 3.44. The minimum atomic E-state index is -0.228. The van der Waals surface area contributed by atoms with E-state index in [0.29, 0.717) is 22.2 Å². The summed E-state index contributed by atoms with van der Waals surface area (Å²) in [6.45, 7) is 0.588. The van der Waals surface area contributed by atoms with Gasteiger partial charge in [0.05, 0.1) is 0 Å². The van der Waals surface area contributed by atoms with Gasteiger partial charge in [0.25, 0.3) is 0 Å². The lowest BCUT2D eigenvalue weighted by Crippen LogP contribution is -2.29. The molecule has 4 rings (SSSR count). The third kappa shape index (κ3) is 3.35. The Hall–Kier alpha value is -1.94. The fraction of sp³-hybridized carbons (Fsp3) is 0.190. The molecule has 0 spiro atoms. The molecule has 1 saturated carbocycles. The predicted octanol–water partition coefficient (Wildman–Crippen LogP) is 5.97. The summed E-state index contributed by atoms with van der Waals surface area (Å²) in [5.74, 6) is -0.228. The molecule has 0 saturated heterocycles. The van der Waals surface area contributed by atoms with Crippen LogP contribution in [-0.4, -0.2) is 4.98 Å². The Morgan fingerprint density at radius 2 is 1.85 bits per heavy atom. The Balaban J connectivity index is 1.66. The summed E-state index contributed by atoms with van der Waals surface area (Å²) in [6, 6.07) is 14.2. The van der Waals surface area contributed by atoms with Crippen LogP contribution in [0.5, 0.6) is 0 Å². The first-order chi connectivity index (χ1) is 12.6. The van der Waals surface area contributed by atoms with Gasteiger partial charge in [-0.15, -0.1) is 0 Å². The quantitative estimate of drug-likeness (QED) is 0.583. The topological polar surface area (TPSA) is 24.9 Å². The van der Waals surface area contributed by atoms with Crippen molar-refractivity contribution in [2.75, 3.05) is 0 Å². The Bertz CT molecular complexity index is 954. The van der Waals surface area contributed by atoms with Crippen LogP contribution in [-0.2, 0) is 12.1 Å². The lowest BCUT2D eigenvalue weighted by Gasteiger charge is -2.22. The van der Waals surface area contributed by atoms with Crippen LogP contribution in [0.25, 0.3) is 11.1 Å². The highest BCUT2D eigenvalue weighted by Crippen LogP contribution is 2.49. The van der Waals surface area contributed by atoms with Gasteiger partial charge in [-0.2, -0.15) is 0 Å². The van der Waals surface area contributed by atoms with E-state index in [1.165, 1.54) is 6.07 Å². The van der Waals surface area contributed by atoms with Crippen LogP contribution in [0.15, 0.2) is 60.9 Å². The van der Waals surface area contributed by atoms with Crippen LogP contribution in [0.3, 0.4) is 0 Å². The first-order valence-electron chi connectivity index (χ1n) is 8.47. The second-order valence-corrected chi connectivity index (χ2v) is 7.42. The number of aromatic nitrogens is 1. The maximum absolute atomic E-state index is 14.3. The van der Waals surface area contributed by atoms with Gasteiger partial charge in [0, 0.05) is 40.1 Å². The van der Waals surface area contributed by atoms with E-state index < -0.39 is 0 Å². The minimum absolute atomic E-state index is 0.211. The highest BCUT2D eigenvalue weighted by molar-refractivity contribution is 6.33. The molecule has 0 aliphatic heterocycles. The van der Waals surface area contributed by atoms with E-state index in [-0.39, 0.29) is 11.4 Å². The molecule has 3 aromatic rings. The van der Waals surface area contributed by atoms with Gasteiger partial charge in [-0.1, -0.05) is 41.4 Å². The smallest absolute Gasteiger partial charge is 0.131 e. The molecule has 132 valence electrons. The Kier molecular flexibility index (Phi) is 4.70. The monoisotopic (exact) mass is 386 g/mol. The first kappa shape index (κ1) is 17.5. The van der Waals surface area contributed by atoms with E-state index in [1.54, 1.807) is 30.5 Å². The molecule has 0 unspecified atom stereocenters. The molecule has 1 aliphatic rings. The van der Waals surface area contributed by atoms with Gasteiger partial charge in [0.2, 0.25) is 0 Å². The molecule has 26 heavy (non-hydrogen) atoms. The predicted molar refractivity (Wildman–Crippen MR) is 104 cm³/mol. The molecule has 2 aromatic carbocycles. The molecule has 0 bridgehead atoms. The lowest BCUT2D eigenvalue weighted by molar-refractivity contribution is 0.518. The van der Waals surface area contributed by atoms with Gasteiger partial charge in [-0.25, -0.2) is 4.39 Å². The highest BCUT2D eigenvalue weighted by atomic mass is 35.5. The van der Waals surface area contributed by atoms with Crippen molar-refractivity contribution in [3.05, 3.63) is 87.9 Å². The molecule has 0 amide bonds. The maximum Gasteiger partial charge on any atom is 0.131 e. The Morgan fingerprint density at radius 1 is 1.04 bits per heavy atom. The van der Waals surface area contributed by atoms with Crippen molar-refractivity contribution in [3.8, 4) is 11.1 Å². The van der Waals surface area contributed by atoms with E-state index in [4.69, 9.17) is 23.2 Å². The maximum atomic E-state index is 14.3. The highest BCUT2D eigenvalue weighted by Gasteiger charge is 2.45. The van der Waals surface area contributed by atoms with Crippen LogP contribution in [0.4, 0.5) is 4.39 Å². The number of benzene rings is 2. The number of nitrogens with zero attached hydrogens (tertiary/aromatic N) is 1. The zero-order chi connectivity index (χ0) is 18.1. The summed E-state index contributed by atoms with van der Waals surface area (Å²) in [5.41, 5.74) is 3.22. The number of pyridine rings is 1. The summed E-state index contributed by atoms with van der Waals surface area (Å²) >= 11 is 12.4. The standard InChI is InChI=1S/C21H17Cl2FN2/c22-15-5-6-19(23)14(11-15)12-26-21(8-9-21)18-13-25-10-7-16(18)17-3-1-2-4-20(17)24/h1-7,10-11,13,26H,8-9,12H2. The molecular formula is C21H17Cl2FN2.